The summed E-state index contributed by atoms with van der Waals surface area (Å²) in [6.45, 7) is 1.82. The molecule has 5 nitrogen and oxygen atoms in total. The minimum atomic E-state index is -0.576. The van der Waals surface area contributed by atoms with Crippen molar-refractivity contribution in [2.75, 3.05) is 10.7 Å². The van der Waals surface area contributed by atoms with Gasteiger partial charge < -0.3 is 10.7 Å². The first kappa shape index (κ1) is 13.0. The normalized spacial score (nSPS) is 10.1. The Balaban J connectivity index is 2.21. The van der Waals surface area contributed by atoms with Gasteiger partial charge in [-0.2, -0.15) is 0 Å². The first-order valence-electron chi connectivity index (χ1n) is 5.60. The van der Waals surface area contributed by atoms with Crippen LogP contribution in [0.25, 0.3) is 0 Å². The summed E-state index contributed by atoms with van der Waals surface area (Å²) in [7, 11) is 0. The number of nitrogen functional groups attached to an aromatic ring is 1. The summed E-state index contributed by atoms with van der Waals surface area (Å²) in [5, 5.41) is 2.49. The summed E-state index contributed by atoms with van der Waals surface area (Å²) < 4.78 is 13.4. The van der Waals surface area contributed by atoms with Crippen molar-refractivity contribution in [2.45, 2.75) is 6.92 Å². The second-order valence-electron chi connectivity index (χ2n) is 3.98. The molecule has 0 aliphatic heterocycles. The van der Waals surface area contributed by atoms with Crippen LogP contribution in [-0.2, 0) is 0 Å². The van der Waals surface area contributed by atoms with Gasteiger partial charge in [0.1, 0.15) is 0 Å². The van der Waals surface area contributed by atoms with Crippen LogP contribution in [0.15, 0.2) is 36.7 Å². The average Bonchev–Trinajstić information content (AvgIpc) is 2.41. The minimum absolute atomic E-state index is 0.0960. The Labute approximate surface area is 109 Å². The van der Waals surface area contributed by atoms with Gasteiger partial charge in [0, 0.05) is 11.8 Å². The third-order valence-electron chi connectivity index (χ3n) is 2.66. The summed E-state index contributed by atoms with van der Waals surface area (Å²) in [5.74, 6) is 4.35. The zero-order valence-electron chi connectivity index (χ0n) is 10.3. The van der Waals surface area contributed by atoms with Crippen LogP contribution in [0, 0.1) is 12.7 Å². The smallest absolute Gasteiger partial charge is 0.255 e. The maximum absolute atomic E-state index is 13.4. The zero-order valence-corrected chi connectivity index (χ0v) is 10.3. The maximum Gasteiger partial charge on any atom is 0.255 e. The first-order valence-corrected chi connectivity index (χ1v) is 5.60. The van der Waals surface area contributed by atoms with Crippen LogP contribution < -0.4 is 16.6 Å². The van der Waals surface area contributed by atoms with Crippen LogP contribution in [-0.4, -0.2) is 10.9 Å². The van der Waals surface area contributed by atoms with Crippen LogP contribution in [0.4, 0.5) is 15.8 Å². The highest BCUT2D eigenvalue weighted by Gasteiger charge is 2.10. The topological polar surface area (TPSA) is 80.0 Å². The van der Waals surface area contributed by atoms with Crippen molar-refractivity contribution < 1.29 is 9.18 Å². The maximum atomic E-state index is 13.4. The molecule has 4 N–H and O–H groups in total. The van der Waals surface area contributed by atoms with E-state index in [1.54, 1.807) is 18.2 Å². The summed E-state index contributed by atoms with van der Waals surface area (Å²) >= 11 is 0. The van der Waals surface area contributed by atoms with E-state index in [1.807, 2.05) is 6.92 Å². The summed E-state index contributed by atoms with van der Waals surface area (Å²) in [5.41, 5.74) is 4.59. The molecule has 0 aliphatic carbocycles. The van der Waals surface area contributed by atoms with Crippen LogP contribution in [0.1, 0.15) is 15.9 Å². The number of carbonyl (C=O) groups excluding carboxylic acids is 1. The molecule has 0 saturated heterocycles. The number of halogens is 1. The van der Waals surface area contributed by atoms with Gasteiger partial charge in [0.25, 0.3) is 5.91 Å². The summed E-state index contributed by atoms with van der Waals surface area (Å²) in [6, 6.07) is 6.36. The van der Waals surface area contributed by atoms with Gasteiger partial charge in [0.2, 0.25) is 0 Å². The van der Waals surface area contributed by atoms with Gasteiger partial charge in [-0.1, -0.05) is 0 Å². The molecular weight excluding hydrogens is 247 g/mol. The van der Waals surface area contributed by atoms with Crippen LogP contribution in [0.2, 0.25) is 0 Å². The molecule has 1 aromatic carbocycles. The van der Waals surface area contributed by atoms with Gasteiger partial charge in [-0.15, -0.1) is 0 Å². The Morgan fingerprint density at radius 2 is 2.11 bits per heavy atom. The van der Waals surface area contributed by atoms with Crippen molar-refractivity contribution in [3.8, 4) is 0 Å². The number of aromatic nitrogens is 1. The number of hydrogen-bond acceptors (Lipinski definition) is 4. The van der Waals surface area contributed by atoms with E-state index in [4.69, 9.17) is 5.84 Å². The summed E-state index contributed by atoms with van der Waals surface area (Å²) in [4.78, 5) is 15.6. The van der Waals surface area contributed by atoms with Crippen molar-refractivity contribution in [3.63, 3.8) is 0 Å². The van der Waals surface area contributed by atoms with E-state index in [0.717, 1.165) is 17.4 Å². The largest absolute Gasteiger partial charge is 0.324 e. The third kappa shape index (κ3) is 2.86. The predicted molar refractivity (Wildman–Crippen MR) is 71.1 cm³/mol. The van der Waals surface area contributed by atoms with E-state index >= 15 is 0 Å². The van der Waals surface area contributed by atoms with E-state index < -0.39 is 11.7 Å². The molecule has 1 heterocycles. The second kappa shape index (κ2) is 5.45. The minimum Gasteiger partial charge on any atom is -0.324 e. The molecule has 2 aromatic rings. The van der Waals surface area contributed by atoms with Crippen molar-refractivity contribution in [1.82, 2.24) is 4.98 Å². The van der Waals surface area contributed by atoms with Gasteiger partial charge in [-0.05, 0) is 36.8 Å². The molecule has 0 aliphatic rings. The first-order chi connectivity index (χ1) is 9.11. The molecule has 1 amide bonds. The number of hydrogen-bond donors (Lipinski definition) is 3. The van der Waals surface area contributed by atoms with Gasteiger partial charge in [-0.25, -0.2) is 4.39 Å². The second-order valence-corrected chi connectivity index (χ2v) is 3.98. The highest BCUT2D eigenvalue weighted by molar-refractivity contribution is 6.04. The molecule has 0 atom stereocenters. The number of carbonyl (C=O) groups is 1. The Morgan fingerprint density at radius 3 is 2.74 bits per heavy atom. The molecule has 2 rings (SSSR count). The average molecular weight is 260 g/mol. The van der Waals surface area contributed by atoms with Crippen LogP contribution in [0.3, 0.4) is 0 Å². The van der Waals surface area contributed by atoms with E-state index in [9.17, 15) is 9.18 Å². The summed E-state index contributed by atoms with van der Waals surface area (Å²) in [6.07, 6.45) is 2.45. The highest BCUT2D eigenvalue weighted by atomic mass is 19.1. The fraction of sp³-hybridized carbons (Fsp3) is 0.0769. The number of nitrogens with one attached hydrogen (secondary N) is 2. The van der Waals surface area contributed by atoms with E-state index in [-0.39, 0.29) is 5.69 Å². The molecule has 0 bridgehead atoms. The molecule has 6 heteroatoms. The Hall–Kier alpha value is -2.47. The van der Waals surface area contributed by atoms with Crippen LogP contribution >= 0.6 is 0 Å². The fourth-order valence-electron chi connectivity index (χ4n) is 1.64. The van der Waals surface area contributed by atoms with E-state index in [0.29, 0.717) is 5.56 Å². The fourth-order valence-corrected chi connectivity index (χ4v) is 1.64. The van der Waals surface area contributed by atoms with Crippen molar-refractivity contribution >= 4 is 17.3 Å². The Kier molecular flexibility index (Phi) is 3.72. The Bertz CT molecular complexity index is 615. The lowest BCUT2D eigenvalue weighted by Gasteiger charge is -2.09. The van der Waals surface area contributed by atoms with Crippen LogP contribution in [0.5, 0.6) is 0 Å². The molecule has 98 valence electrons. The quantitative estimate of drug-likeness (QED) is 0.583. The number of pyridine rings is 1. The van der Waals surface area contributed by atoms with Crippen molar-refractivity contribution in [1.29, 1.82) is 0 Å². The van der Waals surface area contributed by atoms with Gasteiger partial charge >= 0.3 is 0 Å². The van der Waals surface area contributed by atoms with Crippen molar-refractivity contribution in [2.24, 2.45) is 5.84 Å². The van der Waals surface area contributed by atoms with E-state index in [1.165, 1.54) is 12.3 Å². The standard InChI is InChI=1S/C13H13FN4O/c1-8-6-9(2-3-11(8)18-15)13(19)17-12-4-5-16-7-10(12)14/h2-7,18H,15H2,1H3,(H,16,17,19). The third-order valence-corrected chi connectivity index (χ3v) is 2.66. The molecule has 0 radical (unpaired) electrons. The lowest BCUT2D eigenvalue weighted by molar-refractivity contribution is 0.102. The lowest BCUT2D eigenvalue weighted by Crippen LogP contribution is -2.14. The number of aryl methyl sites for hydroxylation is 1. The number of amides is 1. The highest BCUT2D eigenvalue weighted by Crippen LogP contribution is 2.17. The molecule has 0 spiro atoms. The van der Waals surface area contributed by atoms with E-state index in [2.05, 4.69) is 15.7 Å². The molecule has 0 unspecified atom stereocenters. The lowest BCUT2D eigenvalue weighted by atomic mass is 10.1. The molecule has 0 saturated carbocycles. The molecular formula is C13H13FN4O. The van der Waals surface area contributed by atoms with Gasteiger partial charge in [-0.3, -0.25) is 15.6 Å². The number of anilines is 2. The SMILES string of the molecule is Cc1cc(C(=O)Nc2ccncc2F)ccc1NN. The van der Waals surface area contributed by atoms with Gasteiger partial charge in [0.05, 0.1) is 17.6 Å². The number of benzene rings is 1. The zero-order chi connectivity index (χ0) is 13.8. The Morgan fingerprint density at radius 1 is 1.32 bits per heavy atom. The number of rotatable bonds is 3. The number of hydrazine groups is 1. The number of nitrogens with zero attached hydrogens (tertiary/aromatic N) is 1. The number of nitrogens with two attached hydrogens (primary N) is 1. The van der Waals surface area contributed by atoms with Crippen molar-refractivity contribution in [3.05, 3.63) is 53.6 Å². The molecule has 1 aromatic heterocycles. The monoisotopic (exact) mass is 260 g/mol. The van der Waals surface area contributed by atoms with Gasteiger partial charge in [0.15, 0.2) is 5.82 Å². The molecule has 0 fully saturated rings. The molecule has 19 heavy (non-hydrogen) atoms. The predicted octanol–water partition coefficient (Wildman–Crippen LogP) is 2.07.